The van der Waals surface area contributed by atoms with Crippen molar-refractivity contribution in [1.82, 2.24) is 14.3 Å². The molecule has 0 fully saturated rings. The van der Waals surface area contributed by atoms with Gasteiger partial charge in [-0.3, -0.25) is 4.98 Å². The van der Waals surface area contributed by atoms with Crippen LogP contribution in [0.15, 0.2) is 18.3 Å². The normalized spacial score (nSPS) is 10.3. The second-order valence-corrected chi connectivity index (χ2v) is 3.89. The first kappa shape index (κ1) is 8.59. The van der Waals surface area contributed by atoms with Gasteiger partial charge < -0.3 is 0 Å². The van der Waals surface area contributed by atoms with E-state index in [1.54, 1.807) is 6.20 Å². The van der Waals surface area contributed by atoms with E-state index in [2.05, 4.69) is 14.3 Å². The predicted octanol–water partition coefficient (Wildman–Crippen LogP) is 2.56. The van der Waals surface area contributed by atoms with E-state index < -0.39 is 0 Å². The third kappa shape index (κ3) is 1.84. The number of halogens is 1. The molecule has 0 aliphatic heterocycles. The first-order chi connectivity index (χ1) is 6.25. The Labute approximate surface area is 84.6 Å². The van der Waals surface area contributed by atoms with Crippen LogP contribution in [-0.4, -0.2) is 14.3 Å². The van der Waals surface area contributed by atoms with Gasteiger partial charge >= 0.3 is 0 Å². The topological polar surface area (TPSA) is 38.7 Å². The maximum Gasteiger partial charge on any atom is 0.203 e. The number of aromatic nitrogens is 3. The van der Waals surface area contributed by atoms with E-state index >= 15 is 0 Å². The predicted molar refractivity (Wildman–Crippen MR) is 52.9 cm³/mol. The molecule has 13 heavy (non-hydrogen) atoms. The minimum Gasteiger partial charge on any atom is -0.262 e. The van der Waals surface area contributed by atoms with Crippen molar-refractivity contribution < 1.29 is 0 Å². The Hall–Kier alpha value is -1.00. The lowest BCUT2D eigenvalue weighted by molar-refractivity contribution is 1.19. The lowest BCUT2D eigenvalue weighted by atomic mass is 10.2. The summed E-state index contributed by atoms with van der Waals surface area (Å²) in [5, 5.41) is 0. The molecular weight excluding hydrogens is 206 g/mol. The van der Waals surface area contributed by atoms with Gasteiger partial charge in [0.25, 0.3) is 0 Å². The molecule has 0 radical (unpaired) electrons. The van der Waals surface area contributed by atoms with Crippen molar-refractivity contribution in [2.45, 2.75) is 6.92 Å². The molecule has 0 aliphatic carbocycles. The van der Waals surface area contributed by atoms with Gasteiger partial charge in [-0.05, 0) is 42.2 Å². The molecular formula is C8H6ClN3S. The van der Waals surface area contributed by atoms with E-state index in [1.807, 2.05) is 19.1 Å². The number of aryl methyl sites for hydroxylation is 1. The Bertz CT molecular complexity index is 427. The highest BCUT2D eigenvalue weighted by molar-refractivity contribution is 7.10. The maximum atomic E-state index is 5.68. The average Bonchev–Trinajstić information content (AvgIpc) is 2.52. The number of hydrogen-bond acceptors (Lipinski definition) is 4. The van der Waals surface area contributed by atoms with Crippen molar-refractivity contribution in [3.05, 3.63) is 28.5 Å². The van der Waals surface area contributed by atoms with E-state index in [-0.39, 0.29) is 0 Å². The summed E-state index contributed by atoms with van der Waals surface area (Å²) in [4.78, 5) is 8.15. The molecule has 0 unspecified atom stereocenters. The molecule has 0 atom stereocenters. The Morgan fingerprint density at radius 3 is 2.92 bits per heavy atom. The molecule has 2 aromatic rings. The molecule has 5 heteroatoms. The molecule has 0 saturated carbocycles. The van der Waals surface area contributed by atoms with E-state index in [9.17, 15) is 0 Å². The van der Waals surface area contributed by atoms with Crippen molar-refractivity contribution >= 4 is 23.1 Å². The molecule has 66 valence electrons. The van der Waals surface area contributed by atoms with Crippen molar-refractivity contribution in [1.29, 1.82) is 0 Å². The van der Waals surface area contributed by atoms with Crippen LogP contribution < -0.4 is 0 Å². The highest BCUT2D eigenvalue weighted by Gasteiger charge is 2.04. The van der Waals surface area contributed by atoms with Gasteiger partial charge in [0, 0.05) is 17.5 Å². The van der Waals surface area contributed by atoms with Gasteiger partial charge in [-0.1, -0.05) is 0 Å². The maximum absolute atomic E-state index is 5.68. The van der Waals surface area contributed by atoms with Crippen LogP contribution in [0.2, 0.25) is 4.47 Å². The lowest BCUT2D eigenvalue weighted by Gasteiger charge is -1.94. The standard InChI is InChI=1S/C8H6ClN3S/c1-5-4-6(2-3-10-5)7-11-8(9)13-12-7/h2-4H,1H3. The highest BCUT2D eigenvalue weighted by Crippen LogP contribution is 2.20. The van der Waals surface area contributed by atoms with Gasteiger partial charge in [-0.15, -0.1) is 0 Å². The number of rotatable bonds is 1. The van der Waals surface area contributed by atoms with Crippen molar-refractivity contribution in [2.75, 3.05) is 0 Å². The molecule has 0 aromatic carbocycles. The second-order valence-electron chi connectivity index (χ2n) is 2.56. The number of nitrogens with zero attached hydrogens (tertiary/aromatic N) is 3. The first-order valence-corrected chi connectivity index (χ1v) is 4.83. The van der Waals surface area contributed by atoms with Crippen LogP contribution in [0.25, 0.3) is 11.4 Å². The smallest absolute Gasteiger partial charge is 0.203 e. The van der Waals surface area contributed by atoms with Crippen LogP contribution in [0.5, 0.6) is 0 Å². The van der Waals surface area contributed by atoms with E-state index in [0.717, 1.165) is 11.3 Å². The SMILES string of the molecule is Cc1cc(-c2nsc(Cl)n2)ccn1. The van der Waals surface area contributed by atoms with Gasteiger partial charge in [-0.25, -0.2) is 4.98 Å². The number of pyridine rings is 1. The van der Waals surface area contributed by atoms with Crippen LogP contribution in [0, 0.1) is 6.92 Å². The van der Waals surface area contributed by atoms with Gasteiger partial charge in [0.05, 0.1) is 0 Å². The zero-order chi connectivity index (χ0) is 9.26. The summed E-state index contributed by atoms with van der Waals surface area (Å²) in [7, 11) is 0. The summed E-state index contributed by atoms with van der Waals surface area (Å²) in [6.07, 6.45) is 1.74. The van der Waals surface area contributed by atoms with Crippen LogP contribution in [0.4, 0.5) is 0 Å². The Kier molecular flexibility index (Phi) is 2.24. The molecule has 3 nitrogen and oxygen atoms in total. The summed E-state index contributed by atoms with van der Waals surface area (Å²) in [6.45, 7) is 1.93. The van der Waals surface area contributed by atoms with Gasteiger partial charge in [0.1, 0.15) is 0 Å². The van der Waals surface area contributed by atoms with Crippen molar-refractivity contribution in [3.8, 4) is 11.4 Å². The van der Waals surface area contributed by atoms with Crippen LogP contribution in [0.3, 0.4) is 0 Å². The molecule has 0 N–H and O–H groups in total. The Morgan fingerprint density at radius 2 is 2.31 bits per heavy atom. The molecule has 2 heterocycles. The largest absolute Gasteiger partial charge is 0.262 e. The fourth-order valence-electron chi connectivity index (χ4n) is 1.01. The number of hydrogen-bond donors (Lipinski definition) is 0. The zero-order valence-electron chi connectivity index (χ0n) is 6.86. The van der Waals surface area contributed by atoms with Crippen LogP contribution >= 0.6 is 23.1 Å². The Morgan fingerprint density at radius 1 is 1.46 bits per heavy atom. The van der Waals surface area contributed by atoms with E-state index in [1.165, 1.54) is 11.5 Å². The fourth-order valence-corrected chi connectivity index (χ4v) is 1.63. The van der Waals surface area contributed by atoms with Crippen molar-refractivity contribution in [2.24, 2.45) is 0 Å². The molecule has 0 amide bonds. The van der Waals surface area contributed by atoms with Crippen LogP contribution in [0.1, 0.15) is 5.69 Å². The Balaban J connectivity index is 2.46. The molecule has 0 spiro atoms. The van der Waals surface area contributed by atoms with Gasteiger partial charge in [0.15, 0.2) is 5.82 Å². The van der Waals surface area contributed by atoms with E-state index in [4.69, 9.17) is 11.6 Å². The summed E-state index contributed by atoms with van der Waals surface area (Å²) < 4.78 is 4.56. The quantitative estimate of drug-likeness (QED) is 0.728. The molecule has 2 aromatic heterocycles. The molecule has 0 aliphatic rings. The van der Waals surface area contributed by atoms with Gasteiger partial charge in [0.2, 0.25) is 4.47 Å². The third-order valence-electron chi connectivity index (χ3n) is 1.56. The second kappa shape index (κ2) is 3.40. The molecule has 0 bridgehead atoms. The fraction of sp³-hybridized carbons (Fsp3) is 0.125. The lowest BCUT2D eigenvalue weighted by Crippen LogP contribution is -1.84. The third-order valence-corrected chi connectivity index (χ3v) is 2.35. The molecule has 2 rings (SSSR count). The average molecular weight is 212 g/mol. The summed E-state index contributed by atoms with van der Waals surface area (Å²) in [5.74, 6) is 0.667. The summed E-state index contributed by atoms with van der Waals surface area (Å²) >= 11 is 6.87. The zero-order valence-corrected chi connectivity index (χ0v) is 8.43. The van der Waals surface area contributed by atoms with Crippen LogP contribution in [-0.2, 0) is 0 Å². The summed E-state index contributed by atoms with van der Waals surface area (Å²) in [6, 6.07) is 3.80. The van der Waals surface area contributed by atoms with E-state index in [0.29, 0.717) is 10.3 Å². The summed E-state index contributed by atoms with van der Waals surface area (Å²) in [5.41, 5.74) is 1.90. The monoisotopic (exact) mass is 211 g/mol. The highest BCUT2D eigenvalue weighted by atomic mass is 35.5. The first-order valence-electron chi connectivity index (χ1n) is 3.68. The van der Waals surface area contributed by atoms with Crippen molar-refractivity contribution in [3.63, 3.8) is 0 Å². The van der Waals surface area contributed by atoms with Gasteiger partial charge in [-0.2, -0.15) is 4.37 Å². The minimum absolute atomic E-state index is 0.462. The molecule has 0 saturated heterocycles. The minimum atomic E-state index is 0.462.